The van der Waals surface area contributed by atoms with Gasteiger partial charge in [-0.05, 0) is 27.7 Å². The lowest BCUT2D eigenvalue weighted by molar-refractivity contribution is -0.137. The van der Waals surface area contributed by atoms with E-state index in [0.29, 0.717) is 17.4 Å². The van der Waals surface area contributed by atoms with Gasteiger partial charge < -0.3 is 14.2 Å². The van der Waals surface area contributed by atoms with E-state index in [4.69, 9.17) is 9.47 Å². The second-order valence-electron chi connectivity index (χ2n) is 6.05. The number of nitrogens with zero attached hydrogens (tertiary/aromatic N) is 2. The van der Waals surface area contributed by atoms with Gasteiger partial charge in [0.15, 0.2) is 0 Å². The molecule has 0 aromatic carbocycles. The van der Waals surface area contributed by atoms with E-state index in [1.54, 1.807) is 24.9 Å². The van der Waals surface area contributed by atoms with Crippen molar-refractivity contribution in [2.75, 3.05) is 14.2 Å². The van der Waals surface area contributed by atoms with Gasteiger partial charge >= 0.3 is 11.9 Å². The van der Waals surface area contributed by atoms with Crippen molar-refractivity contribution in [1.82, 2.24) is 4.90 Å². The first-order chi connectivity index (χ1) is 10.1. The van der Waals surface area contributed by atoms with Gasteiger partial charge in [0.1, 0.15) is 11.3 Å². The number of carbonyl (C=O) groups excluding carboxylic acids is 2. The van der Waals surface area contributed by atoms with Gasteiger partial charge in [0.25, 0.3) is 6.02 Å². The van der Waals surface area contributed by atoms with Crippen LogP contribution in [0.1, 0.15) is 27.7 Å². The maximum absolute atomic E-state index is 12.0. The van der Waals surface area contributed by atoms with Gasteiger partial charge in [0, 0.05) is 6.20 Å². The SMILES string of the molecule is COC(=O)/C=C1/OC2=NC(C)(C)C(C(=O)OC)=CN2C1(C)C. The Morgan fingerprint density at radius 3 is 2.41 bits per heavy atom. The van der Waals surface area contributed by atoms with E-state index >= 15 is 0 Å². The fourth-order valence-corrected chi connectivity index (χ4v) is 2.29. The zero-order valence-corrected chi connectivity index (χ0v) is 13.6. The maximum atomic E-state index is 12.0. The molecule has 0 aliphatic carbocycles. The lowest BCUT2D eigenvalue weighted by Crippen LogP contribution is -2.44. The summed E-state index contributed by atoms with van der Waals surface area (Å²) in [6.07, 6.45) is 2.94. The minimum absolute atomic E-state index is 0.331. The molecule has 2 aliphatic heterocycles. The normalized spacial score (nSPS) is 23.2. The van der Waals surface area contributed by atoms with Crippen molar-refractivity contribution < 1.29 is 23.8 Å². The Labute approximate surface area is 129 Å². The minimum Gasteiger partial charge on any atom is -0.466 e. The van der Waals surface area contributed by atoms with E-state index in [-0.39, 0.29) is 0 Å². The molecule has 1 fully saturated rings. The predicted octanol–water partition coefficient (Wildman–Crippen LogP) is 1.36. The van der Waals surface area contributed by atoms with Crippen LogP contribution in [0, 0.1) is 0 Å². The third kappa shape index (κ3) is 2.47. The molecule has 0 atom stereocenters. The summed E-state index contributed by atoms with van der Waals surface area (Å²) in [5.41, 5.74) is -1.05. The van der Waals surface area contributed by atoms with Crippen LogP contribution in [-0.2, 0) is 23.8 Å². The molecular formula is C15H20N2O5. The molecule has 0 bridgehead atoms. The van der Waals surface area contributed by atoms with Crippen LogP contribution in [0.5, 0.6) is 0 Å². The molecule has 0 radical (unpaired) electrons. The van der Waals surface area contributed by atoms with Gasteiger partial charge in [-0.15, -0.1) is 0 Å². The van der Waals surface area contributed by atoms with Crippen LogP contribution in [0.3, 0.4) is 0 Å². The molecule has 0 aromatic rings. The van der Waals surface area contributed by atoms with Crippen LogP contribution in [-0.4, -0.2) is 48.2 Å². The third-order valence-electron chi connectivity index (χ3n) is 3.76. The maximum Gasteiger partial charge on any atom is 0.337 e. The van der Waals surface area contributed by atoms with Crippen LogP contribution in [0.15, 0.2) is 28.6 Å². The molecule has 0 spiro atoms. The number of hydrogen-bond donors (Lipinski definition) is 0. The molecule has 7 nitrogen and oxygen atoms in total. The molecule has 120 valence electrons. The van der Waals surface area contributed by atoms with Gasteiger partial charge in [-0.2, -0.15) is 0 Å². The highest BCUT2D eigenvalue weighted by Gasteiger charge is 2.48. The molecule has 0 saturated carbocycles. The zero-order chi connectivity index (χ0) is 16.7. The topological polar surface area (TPSA) is 77.4 Å². The predicted molar refractivity (Wildman–Crippen MR) is 78.7 cm³/mol. The smallest absolute Gasteiger partial charge is 0.337 e. The number of fused-ring (bicyclic) bond motifs is 1. The highest BCUT2D eigenvalue weighted by atomic mass is 16.5. The van der Waals surface area contributed by atoms with Gasteiger partial charge in [0.2, 0.25) is 0 Å². The summed E-state index contributed by atoms with van der Waals surface area (Å²) in [7, 11) is 2.62. The first kappa shape index (κ1) is 16.1. The van der Waals surface area contributed by atoms with Crippen molar-refractivity contribution in [3.8, 4) is 0 Å². The standard InChI is InChI=1S/C15H20N2O5/c1-14(2)9(12(19)21-6)8-17-13(16-14)22-10(15(17,3)4)7-11(18)20-5/h7-8H,1-6H3/b10-7+. The molecule has 1 saturated heterocycles. The molecule has 22 heavy (non-hydrogen) atoms. The van der Waals surface area contributed by atoms with Crippen molar-refractivity contribution in [2.24, 2.45) is 4.99 Å². The molecule has 2 rings (SSSR count). The van der Waals surface area contributed by atoms with Crippen LogP contribution in [0.2, 0.25) is 0 Å². The number of amidine groups is 1. The Bertz CT molecular complexity index is 613. The summed E-state index contributed by atoms with van der Waals surface area (Å²) < 4.78 is 15.1. The highest BCUT2D eigenvalue weighted by Crippen LogP contribution is 2.39. The van der Waals surface area contributed by atoms with Crippen molar-refractivity contribution in [3.63, 3.8) is 0 Å². The van der Waals surface area contributed by atoms with Crippen molar-refractivity contribution in [3.05, 3.63) is 23.6 Å². The molecule has 7 heteroatoms. The van der Waals surface area contributed by atoms with E-state index in [0.717, 1.165) is 0 Å². The Morgan fingerprint density at radius 2 is 1.86 bits per heavy atom. The van der Waals surface area contributed by atoms with Gasteiger partial charge in [-0.1, -0.05) is 0 Å². The van der Waals surface area contributed by atoms with Gasteiger partial charge in [-0.25, -0.2) is 14.6 Å². The Morgan fingerprint density at radius 1 is 1.23 bits per heavy atom. The monoisotopic (exact) mass is 308 g/mol. The average Bonchev–Trinajstić information content (AvgIpc) is 2.66. The third-order valence-corrected chi connectivity index (χ3v) is 3.76. The summed E-state index contributed by atoms with van der Waals surface area (Å²) in [6, 6.07) is 0.331. The number of methoxy groups -OCH3 is 2. The number of rotatable bonds is 2. The molecule has 0 amide bonds. The van der Waals surface area contributed by atoms with Crippen LogP contribution < -0.4 is 0 Å². The van der Waals surface area contributed by atoms with Gasteiger partial charge in [0.05, 0.1) is 31.4 Å². The Kier molecular flexibility index (Phi) is 3.76. The van der Waals surface area contributed by atoms with Crippen molar-refractivity contribution in [1.29, 1.82) is 0 Å². The minimum atomic E-state index is -0.782. The number of ether oxygens (including phenoxy) is 3. The summed E-state index contributed by atoms with van der Waals surface area (Å²) in [6.45, 7) is 7.29. The van der Waals surface area contributed by atoms with Crippen LogP contribution in [0.4, 0.5) is 0 Å². The van der Waals surface area contributed by atoms with E-state index in [2.05, 4.69) is 9.73 Å². The first-order valence-electron chi connectivity index (χ1n) is 6.81. The largest absolute Gasteiger partial charge is 0.466 e. The number of aliphatic imine (C=N–C) groups is 1. The van der Waals surface area contributed by atoms with Crippen LogP contribution in [0.25, 0.3) is 0 Å². The first-order valence-corrected chi connectivity index (χ1v) is 6.81. The Balaban J connectivity index is 2.49. The fraction of sp³-hybridized carbons (Fsp3) is 0.533. The van der Waals surface area contributed by atoms with Gasteiger partial charge in [-0.3, -0.25) is 4.90 Å². The number of esters is 2. The van der Waals surface area contributed by atoms with Crippen molar-refractivity contribution >= 4 is 18.0 Å². The lowest BCUT2D eigenvalue weighted by atomic mass is 9.93. The summed E-state index contributed by atoms with van der Waals surface area (Å²) in [4.78, 5) is 29.6. The lowest BCUT2D eigenvalue weighted by Gasteiger charge is -2.34. The van der Waals surface area contributed by atoms with Crippen molar-refractivity contribution in [2.45, 2.75) is 38.8 Å². The molecule has 2 aliphatic rings. The molecule has 0 aromatic heterocycles. The summed E-state index contributed by atoms with van der Waals surface area (Å²) in [5, 5.41) is 0. The summed E-state index contributed by atoms with van der Waals surface area (Å²) >= 11 is 0. The van der Waals surface area contributed by atoms with E-state index < -0.39 is 23.0 Å². The molecular weight excluding hydrogens is 288 g/mol. The summed E-state index contributed by atoms with van der Waals surface area (Å²) in [5.74, 6) is -0.565. The number of hydrogen-bond acceptors (Lipinski definition) is 7. The van der Waals surface area contributed by atoms with E-state index in [9.17, 15) is 9.59 Å². The second kappa shape index (κ2) is 5.15. The molecule has 0 N–H and O–H groups in total. The number of carbonyl (C=O) groups is 2. The van der Waals surface area contributed by atoms with E-state index in [1.165, 1.54) is 20.3 Å². The quantitative estimate of drug-likeness (QED) is 0.566. The molecule has 2 heterocycles. The zero-order valence-electron chi connectivity index (χ0n) is 13.6. The fourth-order valence-electron chi connectivity index (χ4n) is 2.29. The average molecular weight is 308 g/mol. The highest BCUT2D eigenvalue weighted by molar-refractivity contribution is 5.95. The Hall–Kier alpha value is -2.31. The molecule has 0 unspecified atom stereocenters. The van der Waals surface area contributed by atoms with E-state index in [1.807, 2.05) is 13.8 Å². The second-order valence-corrected chi connectivity index (χ2v) is 6.05. The van der Waals surface area contributed by atoms with Crippen LogP contribution >= 0.6 is 0 Å².